The highest BCUT2D eigenvalue weighted by Gasteiger charge is 2.47. The molecule has 2 heterocycles. The van der Waals surface area contributed by atoms with Crippen molar-refractivity contribution in [3.8, 4) is 0 Å². The number of Topliss-reactive ketones (excluding diaryl/α,β-unsaturated/α-hetero) is 1. The zero-order valence-electron chi connectivity index (χ0n) is 11.6. The second kappa shape index (κ2) is 6.38. The lowest BCUT2D eigenvalue weighted by molar-refractivity contribution is -0.141. The Labute approximate surface area is 128 Å². The molecule has 0 spiro atoms. The number of hydrogen-bond donors (Lipinski definition) is 2. The molecular formula is C13H18ClN3O4. The first-order valence-electron chi connectivity index (χ1n) is 6.38. The van der Waals surface area contributed by atoms with Crippen LogP contribution in [0.4, 0.5) is 0 Å². The Kier molecular flexibility index (Phi) is 5.27. The van der Waals surface area contributed by atoms with Crippen molar-refractivity contribution >= 4 is 30.1 Å². The SMILES string of the molecule is C=CC(C(=O)O)C1=C(C(=O)CC)CN2C[C@H](N)C(=O)N12.Cl. The van der Waals surface area contributed by atoms with E-state index in [2.05, 4.69) is 6.58 Å². The molecule has 0 radical (unpaired) electrons. The van der Waals surface area contributed by atoms with Crippen molar-refractivity contribution in [3.63, 3.8) is 0 Å². The number of carboxylic acid groups (broad SMARTS) is 1. The zero-order chi connectivity index (χ0) is 15.0. The van der Waals surface area contributed by atoms with Gasteiger partial charge in [0, 0.05) is 25.1 Å². The first-order chi connectivity index (χ1) is 9.42. The third-order valence-corrected chi connectivity index (χ3v) is 3.55. The summed E-state index contributed by atoms with van der Waals surface area (Å²) in [5.41, 5.74) is 6.24. The first kappa shape index (κ1) is 17.4. The van der Waals surface area contributed by atoms with Gasteiger partial charge < -0.3 is 10.8 Å². The molecule has 0 aromatic rings. The molecule has 2 rings (SSSR count). The third kappa shape index (κ3) is 2.72. The molecule has 2 aliphatic rings. The predicted molar refractivity (Wildman–Crippen MR) is 77.3 cm³/mol. The van der Waals surface area contributed by atoms with Gasteiger partial charge in [0.15, 0.2) is 5.78 Å². The Balaban J connectivity index is 0.00000220. The summed E-state index contributed by atoms with van der Waals surface area (Å²) < 4.78 is 0. The topological polar surface area (TPSA) is 104 Å². The van der Waals surface area contributed by atoms with E-state index in [1.54, 1.807) is 11.9 Å². The number of hydrogen-bond acceptors (Lipinski definition) is 5. The second-order valence-electron chi connectivity index (χ2n) is 4.80. The van der Waals surface area contributed by atoms with Gasteiger partial charge in [-0.2, -0.15) is 0 Å². The summed E-state index contributed by atoms with van der Waals surface area (Å²) in [4.78, 5) is 35.4. The van der Waals surface area contributed by atoms with Gasteiger partial charge in [-0.3, -0.25) is 14.4 Å². The summed E-state index contributed by atoms with van der Waals surface area (Å²) in [6.45, 7) is 5.69. The second-order valence-corrected chi connectivity index (χ2v) is 4.80. The highest BCUT2D eigenvalue weighted by Crippen LogP contribution is 2.34. The summed E-state index contributed by atoms with van der Waals surface area (Å²) >= 11 is 0. The highest BCUT2D eigenvalue weighted by atomic mass is 35.5. The average Bonchev–Trinajstić information content (AvgIpc) is 2.88. The van der Waals surface area contributed by atoms with Crippen LogP contribution >= 0.6 is 12.4 Å². The van der Waals surface area contributed by atoms with E-state index in [0.29, 0.717) is 5.57 Å². The highest BCUT2D eigenvalue weighted by molar-refractivity contribution is 6.00. The maximum absolute atomic E-state index is 12.1. The van der Waals surface area contributed by atoms with Crippen molar-refractivity contribution in [2.24, 2.45) is 11.7 Å². The molecule has 0 saturated carbocycles. The molecule has 116 valence electrons. The quantitative estimate of drug-likeness (QED) is 0.688. The summed E-state index contributed by atoms with van der Waals surface area (Å²) in [7, 11) is 0. The maximum Gasteiger partial charge on any atom is 0.316 e. The first-order valence-corrected chi connectivity index (χ1v) is 6.38. The molecule has 21 heavy (non-hydrogen) atoms. The zero-order valence-corrected chi connectivity index (χ0v) is 12.4. The van der Waals surface area contributed by atoms with Crippen LogP contribution in [0.5, 0.6) is 0 Å². The molecule has 0 aromatic carbocycles. The number of hydrazine groups is 1. The van der Waals surface area contributed by atoms with E-state index < -0.39 is 17.9 Å². The number of carbonyl (C=O) groups excluding carboxylic acids is 2. The molecule has 0 bridgehead atoms. The standard InChI is InChI=1S/C13H17N3O4.ClH/c1-3-7(13(19)20)11-8(10(17)4-2)5-15-6-9(14)12(18)16(11)15;/h3,7,9H,1,4-6,14H2,2H3,(H,19,20);1H/t7?,9-;/m0./s1. The Hall–Kier alpha value is -1.70. The Bertz CT molecular complexity index is 532. The fraction of sp³-hybridized carbons (Fsp3) is 0.462. The van der Waals surface area contributed by atoms with Gasteiger partial charge in [0.1, 0.15) is 12.0 Å². The molecule has 0 aromatic heterocycles. The minimum Gasteiger partial charge on any atom is -0.481 e. The summed E-state index contributed by atoms with van der Waals surface area (Å²) in [6, 6.07) is -0.692. The fourth-order valence-electron chi connectivity index (χ4n) is 2.57. The van der Waals surface area contributed by atoms with E-state index in [1.807, 2.05) is 0 Å². The monoisotopic (exact) mass is 315 g/mol. The van der Waals surface area contributed by atoms with Crippen LogP contribution in [0.15, 0.2) is 23.9 Å². The lowest BCUT2D eigenvalue weighted by Crippen LogP contribution is -2.38. The molecule has 8 heteroatoms. The summed E-state index contributed by atoms with van der Waals surface area (Å²) in [6.07, 6.45) is 1.48. The van der Waals surface area contributed by atoms with E-state index in [0.717, 1.165) is 0 Å². The fourth-order valence-corrected chi connectivity index (χ4v) is 2.57. The van der Waals surface area contributed by atoms with Gasteiger partial charge in [-0.25, -0.2) is 10.0 Å². The number of aliphatic carboxylic acids is 1. The molecule has 1 amide bonds. The predicted octanol–water partition coefficient (Wildman–Crippen LogP) is -0.0717. The van der Waals surface area contributed by atoms with Crippen molar-refractivity contribution in [2.45, 2.75) is 19.4 Å². The lowest BCUT2D eigenvalue weighted by atomic mass is 9.97. The lowest BCUT2D eigenvalue weighted by Gasteiger charge is -2.24. The van der Waals surface area contributed by atoms with Crippen LogP contribution in [-0.4, -0.2) is 51.9 Å². The van der Waals surface area contributed by atoms with E-state index in [-0.39, 0.29) is 49.3 Å². The van der Waals surface area contributed by atoms with Gasteiger partial charge in [0.25, 0.3) is 5.91 Å². The molecule has 2 aliphatic heterocycles. The molecule has 1 fully saturated rings. The van der Waals surface area contributed by atoms with Crippen LogP contribution in [0, 0.1) is 5.92 Å². The van der Waals surface area contributed by atoms with Crippen molar-refractivity contribution in [3.05, 3.63) is 23.9 Å². The minimum absolute atomic E-state index is 0. The Morgan fingerprint density at radius 3 is 2.67 bits per heavy atom. The Morgan fingerprint density at radius 2 is 2.19 bits per heavy atom. The number of carbonyl (C=O) groups is 3. The average molecular weight is 316 g/mol. The van der Waals surface area contributed by atoms with E-state index in [4.69, 9.17) is 5.73 Å². The van der Waals surface area contributed by atoms with Gasteiger partial charge in [0.05, 0.1) is 5.70 Å². The number of nitrogens with zero attached hydrogens (tertiary/aromatic N) is 2. The molecule has 0 aliphatic carbocycles. The van der Waals surface area contributed by atoms with Crippen LogP contribution in [0.25, 0.3) is 0 Å². The van der Waals surface area contributed by atoms with Gasteiger partial charge >= 0.3 is 5.97 Å². The normalized spacial score (nSPS) is 22.9. The van der Waals surface area contributed by atoms with E-state index in [1.165, 1.54) is 11.1 Å². The molecule has 3 N–H and O–H groups in total. The van der Waals surface area contributed by atoms with E-state index >= 15 is 0 Å². The van der Waals surface area contributed by atoms with Crippen LogP contribution in [-0.2, 0) is 14.4 Å². The van der Waals surface area contributed by atoms with E-state index in [9.17, 15) is 19.5 Å². The number of fused-ring (bicyclic) bond motifs is 1. The smallest absolute Gasteiger partial charge is 0.316 e. The van der Waals surface area contributed by atoms with Crippen LogP contribution in [0.3, 0.4) is 0 Å². The molecule has 1 unspecified atom stereocenters. The largest absolute Gasteiger partial charge is 0.481 e. The summed E-state index contributed by atoms with van der Waals surface area (Å²) in [5, 5.41) is 12.1. The molecule has 2 atom stereocenters. The maximum atomic E-state index is 12.1. The number of nitrogens with two attached hydrogens (primary N) is 1. The van der Waals surface area contributed by atoms with Crippen LogP contribution < -0.4 is 5.73 Å². The Morgan fingerprint density at radius 1 is 1.57 bits per heavy atom. The summed E-state index contributed by atoms with van der Waals surface area (Å²) in [5.74, 6) is -2.79. The van der Waals surface area contributed by atoms with Crippen molar-refractivity contribution in [2.75, 3.05) is 13.1 Å². The number of amides is 1. The van der Waals surface area contributed by atoms with Crippen molar-refractivity contribution in [1.29, 1.82) is 0 Å². The van der Waals surface area contributed by atoms with Gasteiger partial charge in [-0.1, -0.05) is 13.0 Å². The molecule has 1 saturated heterocycles. The third-order valence-electron chi connectivity index (χ3n) is 3.55. The number of rotatable bonds is 5. The van der Waals surface area contributed by atoms with Crippen LogP contribution in [0.2, 0.25) is 0 Å². The van der Waals surface area contributed by atoms with Gasteiger partial charge in [0.2, 0.25) is 0 Å². The molecule has 7 nitrogen and oxygen atoms in total. The number of ketones is 1. The van der Waals surface area contributed by atoms with Crippen molar-refractivity contribution < 1.29 is 19.5 Å². The number of halogens is 1. The van der Waals surface area contributed by atoms with Gasteiger partial charge in [-0.15, -0.1) is 19.0 Å². The molecular weight excluding hydrogens is 298 g/mol. The van der Waals surface area contributed by atoms with Crippen molar-refractivity contribution in [1.82, 2.24) is 10.0 Å². The van der Waals surface area contributed by atoms with Gasteiger partial charge in [-0.05, 0) is 0 Å². The number of carboxylic acids is 1. The van der Waals surface area contributed by atoms with Crippen LogP contribution in [0.1, 0.15) is 13.3 Å². The minimum atomic E-state index is -1.15.